The minimum atomic E-state index is -0.601. The Hall–Kier alpha value is -1.56. The number of nitrogens with zero attached hydrogens (tertiary/aromatic N) is 1. The summed E-state index contributed by atoms with van der Waals surface area (Å²) in [5, 5.41) is 19.2. The lowest BCUT2D eigenvalue weighted by Gasteiger charge is -2.29. The summed E-state index contributed by atoms with van der Waals surface area (Å²) in [4.78, 5) is 12.2. The van der Waals surface area contributed by atoms with Gasteiger partial charge in [0.05, 0.1) is 23.9 Å². The molecule has 3 N–H and O–H groups in total. The lowest BCUT2D eigenvalue weighted by molar-refractivity contribution is 0.162. The number of hydrogen-bond acceptors (Lipinski definition) is 4. The molecule has 120 valence electrons. The highest BCUT2D eigenvalue weighted by Crippen LogP contribution is 2.24. The molecule has 0 radical (unpaired) electrons. The number of rotatable bonds is 7. The fourth-order valence-corrected chi connectivity index (χ4v) is 2.57. The lowest BCUT2D eigenvalue weighted by atomic mass is 9.97. The Balaban J connectivity index is 2.76. The number of amides is 2. The average molecular weight is 297 g/mol. The van der Waals surface area contributed by atoms with Gasteiger partial charge in [-0.25, -0.2) is 4.79 Å². The van der Waals surface area contributed by atoms with Crippen molar-refractivity contribution in [3.05, 3.63) is 17.0 Å². The zero-order valence-corrected chi connectivity index (χ0v) is 13.6. The van der Waals surface area contributed by atoms with E-state index < -0.39 is 5.54 Å². The number of aliphatic hydroxyl groups is 1. The summed E-state index contributed by atoms with van der Waals surface area (Å²) in [7, 11) is 0. The molecule has 0 aliphatic carbocycles. The maximum Gasteiger partial charge on any atom is 0.315 e. The molecule has 1 aromatic heterocycles. The van der Waals surface area contributed by atoms with Crippen LogP contribution in [0.2, 0.25) is 0 Å². The number of aryl methyl sites for hydroxylation is 2. The Labute approximate surface area is 126 Å². The van der Waals surface area contributed by atoms with E-state index in [1.165, 1.54) is 0 Å². The Morgan fingerprint density at radius 3 is 2.52 bits per heavy atom. The van der Waals surface area contributed by atoms with Crippen molar-refractivity contribution >= 4 is 6.03 Å². The topological polar surface area (TPSA) is 87.4 Å². The van der Waals surface area contributed by atoms with Gasteiger partial charge in [0.25, 0.3) is 0 Å². The molecule has 0 aliphatic heterocycles. The molecule has 1 heterocycles. The van der Waals surface area contributed by atoms with Gasteiger partial charge in [-0.3, -0.25) is 0 Å². The van der Waals surface area contributed by atoms with E-state index in [1.807, 2.05) is 34.6 Å². The van der Waals surface area contributed by atoms with Gasteiger partial charge in [0, 0.05) is 5.56 Å². The first-order valence-corrected chi connectivity index (χ1v) is 7.49. The predicted molar refractivity (Wildman–Crippen MR) is 81.1 cm³/mol. The van der Waals surface area contributed by atoms with Gasteiger partial charge < -0.3 is 20.3 Å². The highest BCUT2D eigenvalue weighted by Gasteiger charge is 2.27. The van der Waals surface area contributed by atoms with E-state index in [0.29, 0.717) is 0 Å². The number of carbonyl (C=O) groups is 1. The van der Waals surface area contributed by atoms with E-state index in [-0.39, 0.29) is 18.7 Å². The van der Waals surface area contributed by atoms with Crippen molar-refractivity contribution in [1.29, 1.82) is 0 Å². The van der Waals surface area contributed by atoms with Crippen LogP contribution in [-0.4, -0.2) is 28.4 Å². The summed E-state index contributed by atoms with van der Waals surface area (Å²) >= 11 is 0. The molecule has 0 fully saturated rings. The second-order valence-corrected chi connectivity index (χ2v) is 5.77. The highest BCUT2D eigenvalue weighted by atomic mass is 16.5. The summed E-state index contributed by atoms with van der Waals surface area (Å²) in [6, 6.07) is -0.437. The Morgan fingerprint density at radius 1 is 1.43 bits per heavy atom. The van der Waals surface area contributed by atoms with Gasteiger partial charge in [0.1, 0.15) is 5.76 Å². The van der Waals surface area contributed by atoms with Gasteiger partial charge in [-0.1, -0.05) is 25.4 Å². The molecule has 0 saturated heterocycles. The third-order valence-corrected chi connectivity index (χ3v) is 3.72. The van der Waals surface area contributed by atoms with E-state index in [9.17, 15) is 9.90 Å². The quantitative estimate of drug-likeness (QED) is 0.722. The van der Waals surface area contributed by atoms with Gasteiger partial charge in [0.2, 0.25) is 0 Å². The number of urea groups is 1. The van der Waals surface area contributed by atoms with Crippen molar-refractivity contribution < 1.29 is 14.4 Å². The van der Waals surface area contributed by atoms with Crippen LogP contribution < -0.4 is 10.6 Å². The Kier molecular flexibility index (Phi) is 6.20. The molecule has 2 atom stereocenters. The summed E-state index contributed by atoms with van der Waals surface area (Å²) in [6.45, 7) is 9.47. The third-order valence-electron chi connectivity index (χ3n) is 3.72. The smallest absolute Gasteiger partial charge is 0.315 e. The van der Waals surface area contributed by atoms with Gasteiger partial charge in [-0.15, -0.1) is 0 Å². The molecule has 1 aromatic rings. The molecular weight excluding hydrogens is 270 g/mol. The van der Waals surface area contributed by atoms with E-state index in [2.05, 4.69) is 15.8 Å². The normalized spacial score (nSPS) is 15.3. The molecule has 6 heteroatoms. The maximum absolute atomic E-state index is 12.2. The molecular formula is C15H27N3O3. The standard InChI is InChI=1S/C15H27N3O3/c1-6-8-15(5,9-19)17-14(20)16-12(7-2)13-10(3)18-21-11(13)4/h12,19H,6-9H2,1-5H3,(H2,16,17,20). The van der Waals surface area contributed by atoms with Crippen molar-refractivity contribution in [3.8, 4) is 0 Å². The van der Waals surface area contributed by atoms with Crippen molar-refractivity contribution in [2.45, 2.75) is 65.5 Å². The second kappa shape index (κ2) is 7.45. The molecule has 21 heavy (non-hydrogen) atoms. The largest absolute Gasteiger partial charge is 0.394 e. The first kappa shape index (κ1) is 17.5. The molecule has 2 unspecified atom stereocenters. The van der Waals surface area contributed by atoms with Crippen molar-refractivity contribution in [2.24, 2.45) is 0 Å². The number of nitrogens with one attached hydrogen (secondary N) is 2. The second-order valence-electron chi connectivity index (χ2n) is 5.77. The molecule has 6 nitrogen and oxygen atoms in total. The van der Waals surface area contributed by atoms with Crippen LogP contribution in [0.5, 0.6) is 0 Å². The predicted octanol–water partition coefficient (Wildman–Crippen LogP) is 2.59. The van der Waals surface area contributed by atoms with Crippen LogP contribution in [-0.2, 0) is 0 Å². The lowest BCUT2D eigenvalue weighted by Crippen LogP contribution is -2.53. The molecule has 0 aliphatic rings. The fraction of sp³-hybridized carbons (Fsp3) is 0.733. The molecule has 0 aromatic carbocycles. The van der Waals surface area contributed by atoms with Crippen LogP contribution in [0.15, 0.2) is 4.52 Å². The monoisotopic (exact) mass is 297 g/mol. The summed E-state index contributed by atoms with van der Waals surface area (Å²) in [5.74, 6) is 0.720. The number of aliphatic hydroxyl groups excluding tert-OH is 1. The van der Waals surface area contributed by atoms with Gasteiger partial charge in [0.15, 0.2) is 0 Å². The van der Waals surface area contributed by atoms with Crippen molar-refractivity contribution in [1.82, 2.24) is 15.8 Å². The third kappa shape index (κ3) is 4.46. The SMILES string of the molecule is CCCC(C)(CO)NC(=O)NC(CC)c1c(C)noc1C. The van der Waals surface area contributed by atoms with Crippen LogP contribution in [0.25, 0.3) is 0 Å². The van der Waals surface area contributed by atoms with E-state index in [4.69, 9.17) is 4.52 Å². The van der Waals surface area contributed by atoms with Crippen LogP contribution in [0, 0.1) is 13.8 Å². The Bertz CT molecular complexity index is 453. The highest BCUT2D eigenvalue weighted by molar-refractivity contribution is 5.75. The maximum atomic E-state index is 12.2. The van der Waals surface area contributed by atoms with Gasteiger partial charge in [-0.05, 0) is 33.6 Å². The van der Waals surface area contributed by atoms with E-state index in [0.717, 1.165) is 36.3 Å². The summed E-state index contributed by atoms with van der Waals surface area (Å²) < 4.78 is 5.16. The summed E-state index contributed by atoms with van der Waals surface area (Å²) in [6.07, 6.45) is 2.34. The van der Waals surface area contributed by atoms with Gasteiger partial charge >= 0.3 is 6.03 Å². The average Bonchev–Trinajstić information content (AvgIpc) is 2.76. The summed E-state index contributed by atoms with van der Waals surface area (Å²) in [5.41, 5.74) is 1.11. The van der Waals surface area contributed by atoms with E-state index in [1.54, 1.807) is 0 Å². The molecule has 0 spiro atoms. The molecule has 0 bridgehead atoms. The van der Waals surface area contributed by atoms with Crippen LogP contribution in [0.4, 0.5) is 4.79 Å². The van der Waals surface area contributed by atoms with Gasteiger partial charge in [-0.2, -0.15) is 0 Å². The number of carbonyl (C=O) groups excluding carboxylic acids is 1. The van der Waals surface area contributed by atoms with Crippen LogP contribution in [0.3, 0.4) is 0 Å². The van der Waals surface area contributed by atoms with Crippen molar-refractivity contribution in [3.63, 3.8) is 0 Å². The zero-order chi connectivity index (χ0) is 16.0. The minimum absolute atomic E-state index is 0.0869. The molecule has 1 rings (SSSR count). The van der Waals surface area contributed by atoms with Crippen LogP contribution >= 0.6 is 0 Å². The Morgan fingerprint density at radius 2 is 2.10 bits per heavy atom. The van der Waals surface area contributed by atoms with Crippen LogP contribution in [0.1, 0.15) is 63.1 Å². The van der Waals surface area contributed by atoms with Crippen molar-refractivity contribution in [2.75, 3.05) is 6.61 Å². The first-order chi connectivity index (χ1) is 9.86. The zero-order valence-electron chi connectivity index (χ0n) is 13.6. The number of aromatic nitrogens is 1. The fourth-order valence-electron chi connectivity index (χ4n) is 2.57. The molecule has 0 saturated carbocycles. The molecule has 2 amide bonds. The minimum Gasteiger partial charge on any atom is -0.394 e. The first-order valence-electron chi connectivity index (χ1n) is 7.49. The van der Waals surface area contributed by atoms with E-state index >= 15 is 0 Å². The number of hydrogen-bond donors (Lipinski definition) is 3.